The molecule has 0 fully saturated rings. The Balaban J connectivity index is 2.22. The van der Waals surface area contributed by atoms with Gasteiger partial charge >= 0.3 is 5.97 Å². The number of benzene rings is 2. The number of carbonyl (C=O) groups is 1. The predicted octanol–water partition coefficient (Wildman–Crippen LogP) is 3.21. The van der Waals surface area contributed by atoms with Crippen molar-refractivity contribution in [1.29, 1.82) is 0 Å². The van der Waals surface area contributed by atoms with Gasteiger partial charge in [0, 0.05) is 6.42 Å². The first-order valence-corrected chi connectivity index (χ1v) is 6.05. The van der Waals surface area contributed by atoms with Gasteiger partial charge in [-0.3, -0.25) is 0 Å². The quantitative estimate of drug-likeness (QED) is 0.853. The van der Waals surface area contributed by atoms with E-state index in [4.69, 9.17) is 5.11 Å². The van der Waals surface area contributed by atoms with Crippen molar-refractivity contribution in [2.75, 3.05) is 5.12 Å². The highest BCUT2D eigenvalue weighted by Crippen LogP contribution is 2.21. The average molecular weight is 277 g/mol. The highest BCUT2D eigenvalue weighted by Gasteiger charge is 2.27. The first-order valence-electron chi connectivity index (χ1n) is 6.05. The van der Waals surface area contributed by atoms with E-state index >= 15 is 0 Å². The summed E-state index contributed by atoms with van der Waals surface area (Å²) in [7, 11) is 0. The molecule has 3 nitrogen and oxygen atoms in total. The van der Waals surface area contributed by atoms with Crippen molar-refractivity contribution in [3.05, 3.63) is 66.0 Å². The standard InChI is InChI=1S/C15H13F2NO2/c16-12-7-4-8-13(10-12)18(17)14(15(19)20)9-11-5-2-1-3-6-11/h1-8,10,14H,9H2,(H,19,20)/t14-/m0/s1. The summed E-state index contributed by atoms with van der Waals surface area (Å²) in [5.41, 5.74) is 0.576. The van der Waals surface area contributed by atoms with Gasteiger partial charge in [0.2, 0.25) is 0 Å². The molecule has 0 amide bonds. The summed E-state index contributed by atoms with van der Waals surface area (Å²) < 4.78 is 27.3. The number of rotatable bonds is 5. The fourth-order valence-corrected chi connectivity index (χ4v) is 1.89. The Morgan fingerprint density at radius 2 is 1.85 bits per heavy atom. The van der Waals surface area contributed by atoms with Crippen molar-refractivity contribution in [2.45, 2.75) is 12.5 Å². The molecular weight excluding hydrogens is 264 g/mol. The Bertz CT molecular complexity index is 589. The zero-order valence-electron chi connectivity index (χ0n) is 10.5. The summed E-state index contributed by atoms with van der Waals surface area (Å²) in [6.07, 6.45) is -0.0107. The molecule has 0 heterocycles. The van der Waals surface area contributed by atoms with Crippen molar-refractivity contribution in [3.8, 4) is 0 Å². The van der Waals surface area contributed by atoms with Crippen LogP contribution in [0.15, 0.2) is 54.6 Å². The number of nitrogens with zero attached hydrogens (tertiary/aromatic N) is 1. The van der Waals surface area contributed by atoms with E-state index in [1.165, 1.54) is 18.2 Å². The van der Waals surface area contributed by atoms with Gasteiger partial charge in [0.25, 0.3) is 0 Å². The zero-order valence-corrected chi connectivity index (χ0v) is 10.5. The first kappa shape index (κ1) is 14.0. The van der Waals surface area contributed by atoms with Gasteiger partial charge in [0.15, 0.2) is 6.04 Å². The Morgan fingerprint density at radius 3 is 2.45 bits per heavy atom. The van der Waals surface area contributed by atoms with Gasteiger partial charge in [-0.15, -0.1) is 0 Å². The van der Waals surface area contributed by atoms with Crippen molar-refractivity contribution < 1.29 is 18.8 Å². The second-order valence-corrected chi connectivity index (χ2v) is 4.33. The zero-order chi connectivity index (χ0) is 14.5. The molecule has 1 atom stereocenters. The van der Waals surface area contributed by atoms with Gasteiger partial charge in [-0.05, 0) is 23.8 Å². The van der Waals surface area contributed by atoms with Crippen LogP contribution in [0.5, 0.6) is 0 Å². The molecule has 0 aliphatic carbocycles. The van der Waals surface area contributed by atoms with Gasteiger partial charge in [-0.1, -0.05) is 40.9 Å². The minimum atomic E-state index is -1.40. The maximum Gasteiger partial charge on any atom is 0.329 e. The first-order chi connectivity index (χ1) is 9.58. The van der Waals surface area contributed by atoms with E-state index in [0.29, 0.717) is 5.56 Å². The molecule has 0 spiro atoms. The van der Waals surface area contributed by atoms with E-state index in [0.717, 1.165) is 6.07 Å². The second kappa shape index (κ2) is 6.14. The summed E-state index contributed by atoms with van der Waals surface area (Å²) >= 11 is 0. The van der Waals surface area contributed by atoms with Crippen LogP contribution in [-0.2, 0) is 11.2 Å². The smallest absolute Gasteiger partial charge is 0.329 e. The monoisotopic (exact) mass is 277 g/mol. The van der Waals surface area contributed by atoms with Crippen LogP contribution in [0.3, 0.4) is 0 Å². The van der Waals surface area contributed by atoms with Crippen LogP contribution in [0.2, 0.25) is 0 Å². The van der Waals surface area contributed by atoms with Crippen molar-refractivity contribution in [3.63, 3.8) is 0 Å². The molecule has 0 saturated heterocycles. The molecule has 1 N–H and O–H groups in total. The van der Waals surface area contributed by atoms with Gasteiger partial charge < -0.3 is 5.11 Å². The lowest BCUT2D eigenvalue weighted by molar-refractivity contribution is -0.139. The lowest BCUT2D eigenvalue weighted by Gasteiger charge is -2.21. The van der Waals surface area contributed by atoms with Crippen LogP contribution in [0.25, 0.3) is 0 Å². The summed E-state index contributed by atoms with van der Waals surface area (Å²) in [6, 6.07) is 12.1. The second-order valence-electron chi connectivity index (χ2n) is 4.33. The number of carboxylic acids is 1. The molecule has 0 radical (unpaired) electrons. The fourth-order valence-electron chi connectivity index (χ4n) is 1.89. The van der Waals surface area contributed by atoms with E-state index < -0.39 is 17.8 Å². The van der Waals surface area contributed by atoms with Gasteiger partial charge in [0.05, 0.1) is 5.69 Å². The van der Waals surface area contributed by atoms with Crippen molar-refractivity contribution in [2.24, 2.45) is 0 Å². The minimum Gasteiger partial charge on any atom is -0.480 e. The Labute approximate surface area is 115 Å². The number of halogens is 2. The lowest BCUT2D eigenvalue weighted by atomic mass is 10.1. The maximum atomic E-state index is 14.2. The molecule has 0 aliphatic rings. The Morgan fingerprint density at radius 1 is 1.15 bits per heavy atom. The molecular formula is C15H13F2NO2. The summed E-state index contributed by atoms with van der Waals surface area (Å²) in [5.74, 6) is -1.92. The molecule has 0 saturated carbocycles. The number of hydrogen-bond donors (Lipinski definition) is 1. The van der Waals surface area contributed by atoms with E-state index in [1.807, 2.05) is 0 Å². The van der Waals surface area contributed by atoms with Crippen molar-refractivity contribution >= 4 is 11.7 Å². The van der Waals surface area contributed by atoms with Crippen LogP contribution in [0.1, 0.15) is 5.56 Å². The van der Waals surface area contributed by atoms with E-state index in [-0.39, 0.29) is 17.2 Å². The maximum absolute atomic E-state index is 14.2. The third kappa shape index (κ3) is 3.32. The van der Waals surface area contributed by atoms with Gasteiger partial charge in [-0.2, -0.15) is 5.12 Å². The highest BCUT2D eigenvalue weighted by atomic mass is 19.2. The summed E-state index contributed by atoms with van der Waals surface area (Å²) in [6.45, 7) is 0. The number of carboxylic acid groups (broad SMARTS) is 1. The molecule has 5 heteroatoms. The average Bonchev–Trinajstić information content (AvgIpc) is 2.45. The van der Waals surface area contributed by atoms with Crippen LogP contribution in [-0.4, -0.2) is 17.1 Å². The number of aliphatic carboxylic acids is 1. The molecule has 0 aliphatic heterocycles. The Kier molecular flexibility index (Phi) is 4.30. The van der Waals surface area contributed by atoms with Crippen LogP contribution < -0.4 is 5.12 Å². The van der Waals surface area contributed by atoms with Gasteiger partial charge in [0.1, 0.15) is 5.82 Å². The van der Waals surface area contributed by atoms with Crippen LogP contribution in [0.4, 0.5) is 14.6 Å². The predicted molar refractivity (Wildman–Crippen MR) is 71.6 cm³/mol. The molecule has 0 aromatic heterocycles. The van der Waals surface area contributed by atoms with Gasteiger partial charge in [-0.25, -0.2) is 9.18 Å². The number of anilines is 1. The molecule has 0 unspecified atom stereocenters. The van der Waals surface area contributed by atoms with Crippen molar-refractivity contribution in [1.82, 2.24) is 0 Å². The third-order valence-corrected chi connectivity index (χ3v) is 2.89. The summed E-state index contributed by atoms with van der Waals surface area (Å²) in [4.78, 5) is 11.2. The van der Waals surface area contributed by atoms with E-state index in [1.54, 1.807) is 30.3 Å². The SMILES string of the molecule is O=C(O)[C@H](Cc1ccccc1)N(F)c1cccc(F)c1. The molecule has 2 aromatic carbocycles. The normalized spacial score (nSPS) is 11.9. The molecule has 20 heavy (non-hydrogen) atoms. The molecule has 2 rings (SSSR count). The highest BCUT2D eigenvalue weighted by molar-refractivity contribution is 5.77. The van der Waals surface area contributed by atoms with E-state index in [2.05, 4.69) is 0 Å². The van der Waals surface area contributed by atoms with E-state index in [9.17, 15) is 13.7 Å². The Hall–Kier alpha value is -2.43. The summed E-state index contributed by atoms with van der Waals surface area (Å²) in [5, 5.41) is 9.24. The lowest BCUT2D eigenvalue weighted by Crippen LogP contribution is -2.37. The molecule has 2 aromatic rings. The third-order valence-electron chi connectivity index (χ3n) is 2.89. The number of hydrogen-bond acceptors (Lipinski definition) is 2. The topological polar surface area (TPSA) is 40.5 Å². The largest absolute Gasteiger partial charge is 0.480 e. The van der Waals surface area contributed by atoms with Crippen LogP contribution >= 0.6 is 0 Å². The fraction of sp³-hybridized carbons (Fsp3) is 0.133. The minimum absolute atomic E-state index is 0.0107. The molecule has 0 bridgehead atoms. The molecule has 104 valence electrons. The van der Waals surface area contributed by atoms with Crippen LogP contribution in [0, 0.1) is 5.82 Å².